The summed E-state index contributed by atoms with van der Waals surface area (Å²) in [5.74, 6) is 0. The predicted molar refractivity (Wildman–Crippen MR) is 88.2 cm³/mol. The van der Waals surface area contributed by atoms with E-state index in [2.05, 4.69) is 9.88 Å². The Labute approximate surface area is 134 Å². The zero-order valence-corrected chi connectivity index (χ0v) is 13.5. The number of halogens is 1. The highest BCUT2D eigenvalue weighted by atomic mass is 35.5. The van der Waals surface area contributed by atoms with Crippen LogP contribution in [0, 0.1) is 0 Å². The van der Waals surface area contributed by atoms with Crippen molar-refractivity contribution in [2.75, 3.05) is 6.54 Å². The van der Waals surface area contributed by atoms with Crippen LogP contribution in [0.2, 0.25) is 5.02 Å². The van der Waals surface area contributed by atoms with Crippen LogP contribution in [0.3, 0.4) is 0 Å². The zero-order chi connectivity index (χ0) is 15.7. The lowest BCUT2D eigenvalue weighted by molar-refractivity contribution is 0.121. The van der Waals surface area contributed by atoms with E-state index in [0.717, 1.165) is 18.7 Å². The normalized spacial score (nSPS) is 21.1. The van der Waals surface area contributed by atoms with Gasteiger partial charge < -0.3 is 5.73 Å². The molecule has 2 aromatic heterocycles. The summed E-state index contributed by atoms with van der Waals surface area (Å²) < 4.78 is 1.48. The van der Waals surface area contributed by atoms with Gasteiger partial charge in [-0.25, -0.2) is 4.98 Å². The number of fused-ring (bicyclic) bond motifs is 1. The SMILES string of the molecule is CC(N)C1CCCCN1Cc1cc(=O)n2cc(Cl)ccc2n1. The molecule has 2 unspecified atom stereocenters. The van der Waals surface area contributed by atoms with Gasteiger partial charge in [0.05, 0.1) is 10.7 Å². The molecule has 22 heavy (non-hydrogen) atoms. The van der Waals surface area contributed by atoms with E-state index >= 15 is 0 Å². The molecular formula is C16H21ClN4O. The third-order valence-corrected chi connectivity index (χ3v) is 4.54. The van der Waals surface area contributed by atoms with Crippen LogP contribution in [0.1, 0.15) is 31.9 Å². The van der Waals surface area contributed by atoms with Crippen molar-refractivity contribution in [1.82, 2.24) is 14.3 Å². The van der Waals surface area contributed by atoms with Gasteiger partial charge in [-0.05, 0) is 38.4 Å². The van der Waals surface area contributed by atoms with E-state index < -0.39 is 0 Å². The largest absolute Gasteiger partial charge is 0.327 e. The summed E-state index contributed by atoms with van der Waals surface area (Å²) in [4.78, 5) is 19.2. The van der Waals surface area contributed by atoms with E-state index in [1.54, 1.807) is 24.4 Å². The third-order valence-electron chi connectivity index (χ3n) is 4.31. The second kappa shape index (κ2) is 6.36. The fourth-order valence-electron chi connectivity index (χ4n) is 3.22. The highest BCUT2D eigenvalue weighted by molar-refractivity contribution is 6.30. The first-order valence-corrected chi connectivity index (χ1v) is 8.10. The highest BCUT2D eigenvalue weighted by Crippen LogP contribution is 2.21. The molecule has 118 valence electrons. The summed E-state index contributed by atoms with van der Waals surface area (Å²) in [6, 6.07) is 5.60. The summed E-state index contributed by atoms with van der Waals surface area (Å²) in [5.41, 5.74) is 7.42. The first-order valence-electron chi connectivity index (χ1n) is 7.72. The minimum Gasteiger partial charge on any atom is -0.327 e. The maximum absolute atomic E-state index is 12.2. The van der Waals surface area contributed by atoms with Crippen LogP contribution in [0.5, 0.6) is 0 Å². The van der Waals surface area contributed by atoms with Crippen LogP contribution in [0.4, 0.5) is 0 Å². The van der Waals surface area contributed by atoms with E-state index in [9.17, 15) is 4.79 Å². The first-order chi connectivity index (χ1) is 10.5. The molecule has 0 bridgehead atoms. The maximum atomic E-state index is 12.2. The van der Waals surface area contributed by atoms with Gasteiger partial charge in [-0.2, -0.15) is 0 Å². The Kier molecular flexibility index (Phi) is 4.47. The molecular weight excluding hydrogens is 300 g/mol. The minimum absolute atomic E-state index is 0.100. The minimum atomic E-state index is -0.100. The Morgan fingerprint density at radius 3 is 3.05 bits per heavy atom. The fourth-order valence-corrected chi connectivity index (χ4v) is 3.38. The average molecular weight is 321 g/mol. The van der Waals surface area contributed by atoms with Crippen molar-refractivity contribution in [1.29, 1.82) is 0 Å². The molecule has 0 radical (unpaired) electrons. The van der Waals surface area contributed by atoms with Gasteiger partial charge in [0.1, 0.15) is 5.65 Å². The number of rotatable bonds is 3. The maximum Gasteiger partial charge on any atom is 0.258 e. The van der Waals surface area contributed by atoms with Crippen LogP contribution >= 0.6 is 11.6 Å². The molecule has 6 heteroatoms. The number of nitrogens with zero attached hydrogens (tertiary/aromatic N) is 3. The Balaban J connectivity index is 1.90. The van der Waals surface area contributed by atoms with E-state index in [0.29, 0.717) is 23.3 Å². The van der Waals surface area contributed by atoms with Crippen LogP contribution in [-0.4, -0.2) is 32.9 Å². The lowest BCUT2D eigenvalue weighted by atomic mass is 9.97. The number of hydrogen-bond acceptors (Lipinski definition) is 4. The van der Waals surface area contributed by atoms with Gasteiger partial charge in [0.15, 0.2) is 0 Å². The third kappa shape index (κ3) is 3.16. The molecule has 3 heterocycles. The molecule has 1 aliphatic rings. The second-order valence-corrected chi connectivity index (χ2v) is 6.49. The topological polar surface area (TPSA) is 63.6 Å². The molecule has 1 aliphatic heterocycles. The van der Waals surface area contributed by atoms with Crippen LogP contribution in [0.15, 0.2) is 29.2 Å². The molecule has 0 spiro atoms. The summed E-state index contributed by atoms with van der Waals surface area (Å²) >= 11 is 5.93. The quantitative estimate of drug-likeness (QED) is 0.940. The molecule has 5 nitrogen and oxygen atoms in total. The molecule has 2 atom stereocenters. The molecule has 0 amide bonds. The van der Waals surface area contributed by atoms with Crippen molar-refractivity contribution in [2.45, 2.75) is 44.8 Å². The lowest BCUT2D eigenvalue weighted by Gasteiger charge is -2.37. The number of piperidine rings is 1. The van der Waals surface area contributed by atoms with Gasteiger partial charge in [0, 0.05) is 30.9 Å². The number of pyridine rings is 1. The van der Waals surface area contributed by atoms with Gasteiger partial charge in [0.2, 0.25) is 0 Å². The number of hydrogen-bond donors (Lipinski definition) is 1. The molecule has 1 fully saturated rings. The van der Waals surface area contributed by atoms with Crippen LogP contribution < -0.4 is 11.3 Å². The fraction of sp³-hybridized carbons (Fsp3) is 0.500. The van der Waals surface area contributed by atoms with E-state index in [1.807, 2.05) is 6.92 Å². The van der Waals surface area contributed by atoms with Crippen molar-refractivity contribution in [3.8, 4) is 0 Å². The molecule has 1 saturated heterocycles. The Hall–Kier alpha value is -1.43. The predicted octanol–water partition coefficient (Wildman–Crippen LogP) is 2.05. The molecule has 2 N–H and O–H groups in total. The summed E-state index contributed by atoms with van der Waals surface area (Å²) in [7, 11) is 0. The van der Waals surface area contributed by atoms with Gasteiger partial charge in [-0.15, -0.1) is 0 Å². The smallest absolute Gasteiger partial charge is 0.258 e. The number of nitrogens with two attached hydrogens (primary N) is 1. The van der Waals surface area contributed by atoms with Crippen molar-refractivity contribution >= 4 is 17.2 Å². The van der Waals surface area contributed by atoms with E-state index in [1.165, 1.54) is 17.2 Å². The van der Waals surface area contributed by atoms with Crippen LogP contribution in [0.25, 0.3) is 5.65 Å². The van der Waals surface area contributed by atoms with Crippen molar-refractivity contribution < 1.29 is 0 Å². The molecule has 3 rings (SSSR count). The van der Waals surface area contributed by atoms with Gasteiger partial charge in [-0.3, -0.25) is 14.1 Å². The zero-order valence-electron chi connectivity index (χ0n) is 12.7. The van der Waals surface area contributed by atoms with Gasteiger partial charge in [0.25, 0.3) is 5.56 Å². The Morgan fingerprint density at radius 1 is 1.45 bits per heavy atom. The van der Waals surface area contributed by atoms with E-state index in [-0.39, 0.29) is 11.6 Å². The molecule has 0 aliphatic carbocycles. The van der Waals surface area contributed by atoms with Gasteiger partial charge >= 0.3 is 0 Å². The number of likely N-dealkylation sites (tertiary alicyclic amines) is 1. The summed E-state index contributed by atoms with van der Waals surface area (Å²) in [5, 5.41) is 0.525. The van der Waals surface area contributed by atoms with Gasteiger partial charge in [-0.1, -0.05) is 18.0 Å². The van der Waals surface area contributed by atoms with Crippen molar-refractivity contribution in [3.05, 3.63) is 45.5 Å². The van der Waals surface area contributed by atoms with Crippen molar-refractivity contribution in [2.24, 2.45) is 5.73 Å². The molecule has 2 aromatic rings. The van der Waals surface area contributed by atoms with Crippen molar-refractivity contribution in [3.63, 3.8) is 0 Å². The summed E-state index contributed by atoms with van der Waals surface area (Å²) in [6.07, 6.45) is 5.10. The number of aromatic nitrogens is 2. The summed E-state index contributed by atoms with van der Waals surface area (Å²) in [6.45, 7) is 3.72. The van der Waals surface area contributed by atoms with E-state index in [4.69, 9.17) is 17.3 Å². The van der Waals surface area contributed by atoms with Crippen LogP contribution in [-0.2, 0) is 6.54 Å². The Morgan fingerprint density at radius 2 is 2.27 bits per heavy atom. The second-order valence-electron chi connectivity index (χ2n) is 6.05. The average Bonchev–Trinajstić information content (AvgIpc) is 2.48. The standard InChI is InChI=1S/C16H21ClN4O/c1-11(18)14-4-2-3-7-20(14)10-13-8-16(22)21-9-12(17)5-6-15(21)19-13/h5-6,8-9,11,14H,2-4,7,10,18H2,1H3. The first kappa shape index (κ1) is 15.5. The highest BCUT2D eigenvalue weighted by Gasteiger charge is 2.25. The molecule has 0 aromatic carbocycles. The monoisotopic (exact) mass is 320 g/mol. The lowest BCUT2D eigenvalue weighted by Crippen LogP contribution is -2.48. The molecule has 0 saturated carbocycles. The Bertz CT molecular complexity index is 728.